The molecule has 1 rings (SSSR count). The van der Waals surface area contributed by atoms with Crippen LogP contribution in [0.3, 0.4) is 0 Å². The van der Waals surface area contributed by atoms with Gasteiger partial charge in [-0.2, -0.15) is 11.8 Å². The van der Waals surface area contributed by atoms with Crippen molar-refractivity contribution in [2.75, 3.05) is 17.2 Å². The summed E-state index contributed by atoms with van der Waals surface area (Å²) in [5, 5.41) is 0. The predicted octanol–water partition coefficient (Wildman–Crippen LogP) is 2.14. The highest BCUT2D eigenvalue weighted by atomic mass is 32.2. The van der Waals surface area contributed by atoms with E-state index in [0.29, 0.717) is 5.75 Å². The summed E-state index contributed by atoms with van der Waals surface area (Å²) in [6, 6.07) is 2.05. The maximum absolute atomic E-state index is 13.5. The number of halogens is 1. The van der Waals surface area contributed by atoms with Gasteiger partial charge in [0.25, 0.3) is 0 Å². The van der Waals surface area contributed by atoms with E-state index in [2.05, 4.69) is 4.72 Å². The van der Waals surface area contributed by atoms with E-state index < -0.39 is 15.8 Å². The third kappa shape index (κ3) is 4.36. The fourth-order valence-corrected chi connectivity index (χ4v) is 3.56. The van der Waals surface area contributed by atoms with Crippen molar-refractivity contribution in [1.82, 2.24) is 4.72 Å². The number of hydrogen-bond donors (Lipinski definition) is 2. The number of nitrogen functional groups attached to an aromatic ring is 1. The summed E-state index contributed by atoms with van der Waals surface area (Å²) in [5.41, 5.74) is 5.99. The first kappa shape index (κ1) is 16.3. The van der Waals surface area contributed by atoms with E-state index in [9.17, 15) is 12.8 Å². The summed E-state index contributed by atoms with van der Waals surface area (Å²) in [4.78, 5) is -0.138. The van der Waals surface area contributed by atoms with Crippen LogP contribution in [0.15, 0.2) is 17.0 Å². The van der Waals surface area contributed by atoms with Gasteiger partial charge in [-0.25, -0.2) is 17.5 Å². The second-order valence-corrected chi connectivity index (χ2v) is 7.33. The van der Waals surface area contributed by atoms with Crippen molar-refractivity contribution in [3.8, 4) is 0 Å². The van der Waals surface area contributed by atoms with E-state index in [1.54, 1.807) is 18.7 Å². The second kappa shape index (κ2) is 6.58. The molecule has 0 amide bonds. The molecule has 0 bridgehead atoms. The summed E-state index contributed by atoms with van der Waals surface area (Å²) in [5.74, 6) is 0.966. The molecule has 1 aromatic rings. The van der Waals surface area contributed by atoms with Crippen LogP contribution >= 0.6 is 11.8 Å². The monoisotopic (exact) mass is 306 g/mol. The molecule has 3 N–H and O–H groups in total. The Hall–Kier alpha value is -0.790. The Balaban J connectivity index is 2.95. The number of nitrogens with two attached hydrogens (primary N) is 1. The van der Waals surface area contributed by atoms with E-state index in [1.807, 2.05) is 6.92 Å². The molecule has 4 nitrogen and oxygen atoms in total. The molecule has 0 aliphatic carbocycles. The van der Waals surface area contributed by atoms with Crippen molar-refractivity contribution < 1.29 is 12.8 Å². The molecule has 1 atom stereocenters. The van der Waals surface area contributed by atoms with Crippen LogP contribution < -0.4 is 10.5 Å². The number of hydrogen-bond acceptors (Lipinski definition) is 4. The molecule has 1 aromatic carbocycles. The van der Waals surface area contributed by atoms with E-state index in [4.69, 9.17) is 5.73 Å². The van der Waals surface area contributed by atoms with Gasteiger partial charge < -0.3 is 5.73 Å². The Morgan fingerprint density at radius 2 is 2.11 bits per heavy atom. The number of anilines is 1. The van der Waals surface area contributed by atoms with Crippen molar-refractivity contribution in [3.05, 3.63) is 23.5 Å². The highest BCUT2D eigenvalue weighted by Gasteiger charge is 2.19. The SMILES string of the molecule is CCSCC(C)NS(=O)(=O)c1cc(N)c(C)c(F)c1. The van der Waals surface area contributed by atoms with Crippen LogP contribution in [0.4, 0.5) is 10.1 Å². The van der Waals surface area contributed by atoms with Gasteiger partial charge in [-0.1, -0.05) is 6.92 Å². The molecule has 0 aliphatic heterocycles. The lowest BCUT2D eigenvalue weighted by Gasteiger charge is -2.14. The zero-order valence-electron chi connectivity index (χ0n) is 11.2. The minimum Gasteiger partial charge on any atom is -0.398 e. The van der Waals surface area contributed by atoms with Crippen molar-refractivity contribution in [1.29, 1.82) is 0 Å². The Morgan fingerprint density at radius 3 is 2.63 bits per heavy atom. The minimum absolute atomic E-state index is 0.135. The number of sulfonamides is 1. The molecule has 0 fully saturated rings. The first-order valence-corrected chi connectivity index (χ1v) is 8.57. The molecule has 0 spiro atoms. The lowest BCUT2D eigenvalue weighted by Crippen LogP contribution is -2.34. The summed E-state index contributed by atoms with van der Waals surface area (Å²) in [7, 11) is -3.74. The minimum atomic E-state index is -3.74. The average molecular weight is 306 g/mol. The molecule has 108 valence electrons. The van der Waals surface area contributed by atoms with Crippen LogP contribution in [0, 0.1) is 12.7 Å². The van der Waals surface area contributed by atoms with Crippen LogP contribution in [-0.2, 0) is 10.0 Å². The molecule has 0 saturated carbocycles. The fraction of sp³-hybridized carbons (Fsp3) is 0.500. The fourth-order valence-electron chi connectivity index (χ4n) is 1.49. The number of nitrogens with one attached hydrogen (secondary N) is 1. The molecule has 0 aliphatic rings. The predicted molar refractivity (Wildman–Crippen MR) is 78.3 cm³/mol. The second-order valence-electron chi connectivity index (χ2n) is 4.30. The van der Waals surface area contributed by atoms with Gasteiger partial charge in [-0.3, -0.25) is 0 Å². The van der Waals surface area contributed by atoms with Gasteiger partial charge in [0.2, 0.25) is 10.0 Å². The smallest absolute Gasteiger partial charge is 0.241 e. The normalized spacial score (nSPS) is 13.5. The van der Waals surface area contributed by atoms with E-state index >= 15 is 0 Å². The highest BCUT2D eigenvalue weighted by molar-refractivity contribution is 7.99. The van der Waals surface area contributed by atoms with Gasteiger partial charge in [-0.15, -0.1) is 0 Å². The van der Waals surface area contributed by atoms with Gasteiger partial charge in [0, 0.05) is 23.0 Å². The summed E-state index contributed by atoms with van der Waals surface area (Å²) >= 11 is 1.64. The molecule has 19 heavy (non-hydrogen) atoms. The molecule has 0 aromatic heterocycles. The van der Waals surface area contributed by atoms with E-state index in [1.165, 1.54) is 13.0 Å². The highest BCUT2D eigenvalue weighted by Crippen LogP contribution is 2.21. The van der Waals surface area contributed by atoms with Crippen LogP contribution in [-0.4, -0.2) is 26.0 Å². The van der Waals surface area contributed by atoms with Gasteiger partial charge in [0.1, 0.15) is 5.82 Å². The Morgan fingerprint density at radius 1 is 1.47 bits per heavy atom. The molecule has 0 radical (unpaired) electrons. The topological polar surface area (TPSA) is 72.2 Å². The van der Waals surface area contributed by atoms with Crippen LogP contribution in [0.1, 0.15) is 19.4 Å². The Bertz CT molecular complexity index is 524. The van der Waals surface area contributed by atoms with Crippen molar-refractivity contribution in [3.63, 3.8) is 0 Å². The lowest BCUT2D eigenvalue weighted by molar-refractivity contribution is 0.567. The zero-order chi connectivity index (χ0) is 14.6. The van der Waals surface area contributed by atoms with Gasteiger partial charge >= 0.3 is 0 Å². The molecule has 0 heterocycles. The van der Waals surface area contributed by atoms with Gasteiger partial charge in [0.05, 0.1) is 4.90 Å². The van der Waals surface area contributed by atoms with Crippen LogP contribution in [0.25, 0.3) is 0 Å². The largest absolute Gasteiger partial charge is 0.398 e. The first-order chi connectivity index (χ1) is 8.77. The van der Waals surface area contributed by atoms with Crippen LogP contribution in [0.2, 0.25) is 0 Å². The molecular weight excluding hydrogens is 287 g/mol. The Kier molecular flexibility index (Phi) is 5.64. The molecular formula is C12H19FN2O2S2. The lowest BCUT2D eigenvalue weighted by atomic mass is 10.2. The van der Waals surface area contributed by atoms with Crippen molar-refractivity contribution in [2.24, 2.45) is 0 Å². The van der Waals surface area contributed by atoms with Crippen molar-refractivity contribution in [2.45, 2.75) is 31.7 Å². The molecule has 1 unspecified atom stereocenters. The molecule has 7 heteroatoms. The number of thioether (sulfide) groups is 1. The standard InChI is InChI=1S/C12H19FN2O2S2/c1-4-18-7-8(2)15-19(16,17)10-5-11(13)9(3)12(14)6-10/h5-6,8,15H,4,7,14H2,1-3H3. The third-order valence-electron chi connectivity index (χ3n) is 2.60. The summed E-state index contributed by atoms with van der Waals surface area (Å²) in [6.07, 6.45) is 0. The number of rotatable bonds is 6. The quantitative estimate of drug-likeness (QED) is 0.790. The van der Waals surface area contributed by atoms with E-state index in [0.717, 1.165) is 11.8 Å². The summed E-state index contributed by atoms with van der Waals surface area (Å²) in [6.45, 7) is 5.28. The van der Waals surface area contributed by atoms with Crippen LogP contribution in [0.5, 0.6) is 0 Å². The van der Waals surface area contributed by atoms with E-state index in [-0.39, 0.29) is 22.2 Å². The van der Waals surface area contributed by atoms with Gasteiger partial charge in [0.15, 0.2) is 0 Å². The third-order valence-corrected chi connectivity index (χ3v) is 5.31. The first-order valence-electron chi connectivity index (χ1n) is 5.93. The zero-order valence-corrected chi connectivity index (χ0v) is 12.9. The summed E-state index contributed by atoms with van der Waals surface area (Å²) < 4.78 is 40.2. The maximum atomic E-state index is 13.5. The Labute approximate surface area is 118 Å². The van der Waals surface area contributed by atoms with Crippen molar-refractivity contribution >= 4 is 27.5 Å². The average Bonchev–Trinajstić information content (AvgIpc) is 2.32. The molecule has 0 saturated heterocycles. The van der Waals surface area contributed by atoms with Gasteiger partial charge in [-0.05, 0) is 31.7 Å². The maximum Gasteiger partial charge on any atom is 0.241 e. The number of benzene rings is 1.